The van der Waals surface area contributed by atoms with E-state index in [0.717, 1.165) is 5.56 Å². The summed E-state index contributed by atoms with van der Waals surface area (Å²) in [6, 6.07) is 15.8. The second kappa shape index (κ2) is 6.38. The zero-order chi connectivity index (χ0) is 15.6. The van der Waals surface area contributed by atoms with E-state index in [-0.39, 0.29) is 12.6 Å². The first-order valence-electron chi connectivity index (χ1n) is 6.99. The number of hydrogen-bond donors (Lipinski definition) is 0. The lowest BCUT2D eigenvalue weighted by Gasteiger charge is -2.32. The molecule has 4 nitrogen and oxygen atoms in total. The highest BCUT2D eigenvalue weighted by Gasteiger charge is 2.31. The third-order valence-corrected chi connectivity index (χ3v) is 5.75. The molecule has 1 atom stereocenters. The second-order valence-electron chi connectivity index (χ2n) is 5.09. The average Bonchev–Trinajstić information content (AvgIpc) is 2.56. The van der Waals surface area contributed by atoms with Crippen LogP contribution in [0.3, 0.4) is 0 Å². The van der Waals surface area contributed by atoms with Crippen molar-refractivity contribution in [1.29, 1.82) is 0 Å². The molecule has 0 spiro atoms. The summed E-state index contributed by atoms with van der Waals surface area (Å²) in [7, 11) is -3.49. The van der Waals surface area contributed by atoms with Crippen molar-refractivity contribution >= 4 is 21.6 Å². The van der Waals surface area contributed by atoms with Crippen molar-refractivity contribution in [3.05, 3.63) is 65.2 Å². The predicted octanol–water partition coefficient (Wildman–Crippen LogP) is 3.10. The average molecular weight is 338 g/mol. The van der Waals surface area contributed by atoms with Gasteiger partial charge in [0.05, 0.1) is 17.6 Å². The van der Waals surface area contributed by atoms with Gasteiger partial charge in [0, 0.05) is 18.1 Å². The number of morpholine rings is 1. The van der Waals surface area contributed by atoms with Crippen LogP contribution in [0.5, 0.6) is 0 Å². The summed E-state index contributed by atoms with van der Waals surface area (Å²) in [5, 5.41) is 0.615. The number of halogens is 1. The van der Waals surface area contributed by atoms with Crippen LogP contribution < -0.4 is 0 Å². The Kier molecular flexibility index (Phi) is 4.49. The molecule has 6 heteroatoms. The van der Waals surface area contributed by atoms with Crippen molar-refractivity contribution in [3.8, 4) is 0 Å². The maximum Gasteiger partial charge on any atom is 0.243 e. The van der Waals surface area contributed by atoms with Gasteiger partial charge in [-0.15, -0.1) is 0 Å². The van der Waals surface area contributed by atoms with E-state index in [1.165, 1.54) is 4.31 Å². The van der Waals surface area contributed by atoms with Gasteiger partial charge in [-0.25, -0.2) is 8.42 Å². The van der Waals surface area contributed by atoms with Crippen LogP contribution in [-0.2, 0) is 14.8 Å². The normalized spacial score (nSPS) is 20.0. The fourth-order valence-corrected chi connectivity index (χ4v) is 4.14. The van der Waals surface area contributed by atoms with Crippen LogP contribution in [0.2, 0.25) is 5.02 Å². The van der Waals surface area contributed by atoms with Crippen LogP contribution in [0.4, 0.5) is 0 Å². The second-order valence-corrected chi connectivity index (χ2v) is 7.46. The van der Waals surface area contributed by atoms with Gasteiger partial charge in [-0.1, -0.05) is 41.9 Å². The molecule has 1 fully saturated rings. The molecule has 116 valence electrons. The highest BCUT2D eigenvalue weighted by molar-refractivity contribution is 7.89. The summed E-state index contributed by atoms with van der Waals surface area (Å²) in [5.41, 5.74) is 0.889. The number of hydrogen-bond acceptors (Lipinski definition) is 3. The van der Waals surface area contributed by atoms with Crippen molar-refractivity contribution in [2.75, 3.05) is 19.7 Å². The topological polar surface area (TPSA) is 46.6 Å². The molecule has 0 radical (unpaired) electrons. The largest absolute Gasteiger partial charge is 0.371 e. The Hall–Kier alpha value is -1.40. The Morgan fingerprint density at radius 3 is 2.59 bits per heavy atom. The number of sulfonamides is 1. The monoisotopic (exact) mass is 337 g/mol. The van der Waals surface area contributed by atoms with Crippen LogP contribution >= 0.6 is 11.6 Å². The highest BCUT2D eigenvalue weighted by atomic mass is 35.5. The Balaban J connectivity index is 1.84. The number of rotatable bonds is 3. The van der Waals surface area contributed by atoms with Gasteiger partial charge >= 0.3 is 0 Å². The zero-order valence-electron chi connectivity index (χ0n) is 11.9. The van der Waals surface area contributed by atoms with Gasteiger partial charge in [-0.3, -0.25) is 0 Å². The maximum absolute atomic E-state index is 12.7. The van der Waals surface area contributed by atoms with Crippen LogP contribution in [-0.4, -0.2) is 32.4 Å². The first-order chi connectivity index (χ1) is 10.6. The summed E-state index contributed by atoms with van der Waals surface area (Å²) in [6.07, 6.45) is -0.300. The van der Waals surface area contributed by atoms with Gasteiger partial charge in [0.15, 0.2) is 0 Å². The van der Waals surface area contributed by atoms with E-state index in [1.807, 2.05) is 18.2 Å². The predicted molar refractivity (Wildman–Crippen MR) is 85.3 cm³/mol. The Morgan fingerprint density at radius 2 is 1.86 bits per heavy atom. The number of ether oxygens (including phenoxy) is 1. The van der Waals surface area contributed by atoms with Gasteiger partial charge in [0.25, 0.3) is 0 Å². The number of benzene rings is 2. The third kappa shape index (κ3) is 3.17. The van der Waals surface area contributed by atoms with Crippen LogP contribution in [0.15, 0.2) is 59.5 Å². The summed E-state index contributed by atoms with van der Waals surface area (Å²) in [6.45, 7) is 1.01. The minimum Gasteiger partial charge on any atom is -0.371 e. The fraction of sp³-hybridized carbons (Fsp3) is 0.250. The van der Waals surface area contributed by atoms with Gasteiger partial charge in [-0.2, -0.15) is 4.31 Å². The molecule has 0 bridgehead atoms. The molecular formula is C16H16ClNO3S. The van der Waals surface area contributed by atoms with E-state index in [9.17, 15) is 8.42 Å². The van der Waals surface area contributed by atoms with Gasteiger partial charge < -0.3 is 4.74 Å². The van der Waals surface area contributed by atoms with Crippen LogP contribution in [0, 0.1) is 0 Å². The fourth-order valence-electron chi connectivity index (χ4n) is 2.49. The standard InChI is InChI=1S/C16H16ClNO3S/c17-14-6-4-5-13(11-14)16-12-18(9-10-21-16)22(19,20)15-7-2-1-3-8-15/h1-8,11,16H,9-10,12H2. The van der Waals surface area contributed by atoms with E-state index >= 15 is 0 Å². The molecule has 0 amide bonds. The van der Waals surface area contributed by atoms with E-state index in [1.54, 1.807) is 36.4 Å². The quantitative estimate of drug-likeness (QED) is 0.864. The van der Waals surface area contributed by atoms with Crippen molar-refractivity contribution < 1.29 is 13.2 Å². The third-order valence-electron chi connectivity index (χ3n) is 3.63. The minimum absolute atomic E-state index is 0.289. The molecule has 0 N–H and O–H groups in total. The molecule has 1 unspecified atom stereocenters. The van der Waals surface area contributed by atoms with E-state index < -0.39 is 10.0 Å². The summed E-state index contributed by atoms with van der Waals surface area (Å²) < 4.78 is 32.5. The first-order valence-corrected chi connectivity index (χ1v) is 8.81. The Morgan fingerprint density at radius 1 is 1.09 bits per heavy atom. The lowest BCUT2D eigenvalue weighted by molar-refractivity contribution is -0.00255. The van der Waals surface area contributed by atoms with Crippen molar-refractivity contribution in [2.45, 2.75) is 11.0 Å². The Bertz CT molecular complexity index is 749. The summed E-state index contributed by atoms with van der Waals surface area (Å²) >= 11 is 6.00. The molecule has 0 aromatic heterocycles. The Labute approximate surface area is 135 Å². The van der Waals surface area contributed by atoms with Gasteiger partial charge in [0.1, 0.15) is 0 Å². The molecule has 2 aromatic carbocycles. The van der Waals surface area contributed by atoms with Crippen molar-refractivity contribution in [2.24, 2.45) is 0 Å². The van der Waals surface area contributed by atoms with Gasteiger partial charge in [0.2, 0.25) is 10.0 Å². The molecule has 0 aliphatic carbocycles. The molecule has 1 heterocycles. The SMILES string of the molecule is O=S(=O)(c1ccccc1)N1CCOC(c2cccc(Cl)c2)C1. The van der Waals surface area contributed by atoms with Crippen LogP contribution in [0.25, 0.3) is 0 Å². The van der Waals surface area contributed by atoms with E-state index in [2.05, 4.69) is 0 Å². The molecule has 1 aliphatic rings. The lowest BCUT2D eigenvalue weighted by Crippen LogP contribution is -2.42. The lowest BCUT2D eigenvalue weighted by atomic mass is 10.1. The highest BCUT2D eigenvalue weighted by Crippen LogP contribution is 2.27. The molecule has 1 saturated heterocycles. The molecule has 0 saturated carbocycles. The van der Waals surface area contributed by atoms with Crippen LogP contribution in [0.1, 0.15) is 11.7 Å². The minimum atomic E-state index is -3.49. The van der Waals surface area contributed by atoms with E-state index in [0.29, 0.717) is 23.1 Å². The zero-order valence-corrected chi connectivity index (χ0v) is 13.4. The number of nitrogens with zero attached hydrogens (tertiary/aromatic N) is 1. The summed E-state index contributed by atoms with van der Waals surface area (Å²) in [4.78, 5) is 0.307. The van der Waals surface area contributed by atoms with Gasteiger partial charge in [-0.05, 0) is 29.8 Å². The summed E-state index contributed by atoms with van der Waals surface area (Å²) in [5.74, 6) is 0. The molecule has 3 rings (SSSR count). The smallest absolute Gasteiger partial charge is 0.243 e. The molecule has 22 heavy (non-hydrogen) atoms. The molecule has 1 aliphatic heterocycles. The maximum atomic E-state index is 12.7. The van der Waals surface area contributed by atoms with Crippen molar-refractivity contribution in [3.63, 3.8) is 0 Å². The molecular weight excluding hydrogens is 322 g/mol. The first kappa shape index (κ1) is 15.5. The van der Waals surface area contributed by atoms with Crippen molar-refractivity contribution in [1.82, 2.24) is 4.31 Å². The molecule has 2 aromatic rings. The van der Waals surface area contributed by atoms with E-state index in [4.69, 9.17) is 16.3 Å².